The van der Waals surface area contributed by atoms with Crippen LogP contribution in [0.1, 0.15) is 26.4 Å². The summed E-state index contributed by atoms with van der Waals surface area (Å²) in [4.78, 5) is 15.3. The second-order valence-corrected chi connectivity index (χ2v) is 7.29. The van der Waals surface area contributed by atoms with Gasteiger partial charge in [-0.25, -0.2) is 0 Å². The van der Waals surface area contributed by atoms with Crippen molar-refractivity contribution < 1.29 is 4.79 Å². The number of rotatable bonds is 3. The van der Waals surface area contributed by atoms with Gasteiger partial charge in [0.2, 0.25) is 0 Å². The Morgan fingerprint density at radius 3 is 2.37 bits per heavy atom. The largest absolute Gasteiger partial charge is 0.337 e. The van der Waals surface area contributed by atoms with Gasteiger partial charge in [-0.3, -0.25) is 4.79 Å². The molecule has 0 aliphatic carbocycles. The average molecular weight is 338 g/mol. The molecule has 0 saturated carbocycles. The maximum Gasteiger partial charge on any atom is 0.253 e. The Kier molecular flexibility index (Phi) is 4.42. The summed E-state index contributed by atoms with van der Waals surface area (Å²) in [6, 6.07) is 10.0. The zero-order valence-electron chi connectivity index (χ0n) is 11.2. The molecule has 1 aromatic carbocycles. The monoisotopic (exact) mass is 337 g/mol. The first-order valence-electron chi connectivity index (χ1n) is 6.03. The van der Waals surface area contributed by atoms with E-state index in [1.165, 1.54) is 4.88 Å². The van der Waals surface area contributed by atoms with Gasteiger partial charge < -0.3 is 4.90 Å². The van der Waals surface area contributed by atoms with Gasteiger partial charge in [0.15, 0.2) is 0 Å². The van der Waals surface area contributed by atoms with E-state index >= 15 is 0 Å². The third-order valence-corrected chi connectivity index (χ3v) is 4.45. The van der Waals surface area contributed by atoms with E-state index in [1.54, 1.807) is 16.2 Å². The number of hydrogen-bond donors (Lipinski definition) is 0. The Hall–Kier alpha value is -1.13. The number of hydrogen-bond acceptors (Lipinski definition) is 2. The van der Waals surface area contributed by atoms with E-state index < -0.39 is 0 Å². The molecule has 0 aliphatic heterocycles. The van der Waals surface area contributed by atoms with Crippen molar-refractivity contribution in [1.82, 2.24) is 4.90 Å². The van der Waals surface area contributed by atoms with Crippen LogP contribution in [0.3, 0.4) is 0 Å². The highest BCUT2D eigenvalue weighted by Crippen LogP contribution is 2.23. The Bertz CT molecular complexity index is 586. The number of amides is 1. The number of halogens is 1. The van der Waals surface area contributed by atoms with Gasteiger partial charge in [0.1, 0.15) is 0 Å². The molecule has 0 bridgehead atoms. The first-order valence-corrected chi connectivity index (χ1v) is 7.64. The summed E-state index contributed by atoms with van der Waals surface area (Å²) in [5.74, 6) is 0.0660. The van der Waals surface area contributed by atoms with Gasteiger partial charge in [-0.2, -0.15) is 0 Å². The standard InChI is InChI=1S/C15H16BrNOS/c1-10-6-11(2)8-12(7-10)15(18)17(3)9-13-4-5-14(16)19-13/h4-8H,9H2,1-3H3. The quantitative estimate of drug-likeness (QED) is 0.812. The zero-order valence-corrected chi connectivity index (χ0v) is 13.6. The molecule has 0 atom stereocenters. The summed E-state index contributed by atoms with van der Waals surface area (Å²) in [6.07, 6.45) is 0. The van der Waals surface area contributed by atoms with Gasteiger partial charge in [0.05, 0.1) is 10.3 Å². The predicted molar refractivity (Wildman–Crippen MR) is 83.7 cm³/mol. The smallest absolute Gasteiger partial charge is 0.253 e. The highest BCUT2D eigenvalue weighted by molar-refractivity contribution is 9.11. The fraction of sp³-hybridized carbons (Fsp3) is 0.267. The molecule has 0 radical (unpaired) electrons. The first kappa shape index (κ1) is 14.3. The highest BCUT2D eigenvalue weighted by Gasteiger charge is 2.13. The minimum Gasteiger partial charge on any atom is -0.337 e. The maximum atomic E-state index is 12.4. The Balaban J connectivity index is 2.14. The van der Waals surface area contributed by atoms with E-state index in [1.807, 2.05) is 45.2 Å². The van der Waals surface area contributed by atoms with Gasteiger partial charge >= 0.3 is 0 Å². The predicted octanol–water partition coefficient (Wildman–Crippen LogP) is 4.40. The molecule has 100 valence electrons. The van der Waals surface area contributed by atoms with Gasteiger partial charge in [-0.1, -0.05) is 17.2 Å². The molecule has 1 aromatic heterocycles. The molecule has 4 heteroatoms. The van der Waals surface area contributed by atoms with E-state index in [4.69, 9.17) is 0 Å². The second-order valence-electron chi connectivity index (χ2n) is 4.74. The van der Waals surface area contributed by atoms with Crippen molar-refractivity contribution >= 4 is 33.2 Å². The topological polar surface area (TPSA) is 20.3 Å². The Labute approximate surface area is 126 Å². The summed E-state index contributed by atoms with van der Waals surface area (Å²) in [5.41, 5.74) is 3.00. The number of aryl methyl sites for hydroxylation is 2. The van der Waals surface area contributed by atoms with Crippen molar-refractivity contribution in [3.05, 3.63) is 55.7 Å². The number of carbonyl (C=O) groups is 1. The van der Waals surface area contributed by atoms with Crippen molar-refractivity contribution in [2.24, 2.45) is 0 Å². The van der Waals surface area contributed by atoms with Crippen molar-refractivity contribution in [3.8, 4) is 0 Å². The summed E-state index contributed by atoms with van der Waals surface area (Å²) in [7, 11) is 1.84. The molecule has 0 fully saturated rings. The van der Waals surface area contributed by atoms with Gasteiger partial charge in [-0.05, 0) is 54.0 Å². The van der Waals surface area contributed by atoms with Crippen LogP contribution in [0.2, 0.25) is 0 Å². The number of nitrogens with zero attached hydrogens (tertiary/aromatic N) is 1. The molecular weight excluding hydrogens is 322 g/mol. The van der Waals surface area contributed by atoms with Crippen LogP contribution in [-0.4, -0.2) is 17.9 Å². The van der Waals surface area contributed by atoms with Crippen molar-refractivity contribution in [1.29, 1.82) is 0 Å². The van der Waals surface area contributed by atoms with Crippen LogP contribution in [-0.2, 0) is 6.54 Å². The van der Waals surface area contributed by atoms with E-state index in [9.17, 15) is 4.79 Å². The lowest BCUT2D eigenvalue weighted by molar-refractivity contribution is 0.0786. The number of benzene rings is 1. The summed E-state index contributed by atoms with van der Waals surface area (Å²) < 4.78 is 1.09. The molecule has 0 N–H and O–H groups in total. The molecule has 1 heterocycles. The average Bonchev–Trinajstić information content (AvgIpc) is 2.72. The molecule has 0 saturated heterocycles. The van der Waals surface area contributed by atoms with Gasteiger partial charge in [-0.15, -0.1) is 11.3 Å². The van der Waals surface area contributed by atoms with Crippen LogP contribution in [0, 0.1) is 13.8 Å². The Morgan fingerprint density at radius 2 is 1.84 bits per heavy atom. The third kappa shape index (κ3) is 3.67. The maximum absolute atomic E-state index is 12.4. The second kappa shape index (κ2) is 5.88. The van der Waals surface area contributed by atoms with Crippen LogP contribution >= 0.6 is 27.3 Å². The number of carbonyl (C=O) groups excluding carboxylic acids is 1. The molecule has 0 unspecified atom stereocenters. The number of thiophene rings is 1. The van der Waals surface area contributed by atoms with Crippen molar-refractivity contribution in [3.63, 3.8) is 0 Å². The lowest BCUT2D eigenvalue weighted by Gasteiger charge is -2.17. The fourth-order valence-electron chi connectivity index (χ4n) is 2.06. The van der Waals surface area contributed by atoms with E-state index in [2.05, 4.69) is 22.0 Å². The third-order valence-electron chi connectivity index (χ3n) is 2.84. The van der Waals surface area contributed by atoms with Crippen LogP contribution in [0.5, 0.6) is 0 Å². The summed E-state index contributed by atoms with van der Waals surface area (Å²) in [5, 5.41) is 0. The molecule has 2 aromatic rings. The van der Waals surface area contributed by atoms with E-state index in [0.29, 0.717) is 6.54 Å². The van der Waals surface area contributed by atoms with Crippen LogP contribution < -0.4 is 0 Å². The molecule has 0 spiro atoms. The molecule has 19 heavy (non-hydrogen) atoms. The molecule has 2 nitrogen and oxygen atoms in total. The van der Waals surface area contributed by atoms with E-state index in [-0.39, 0.29) is 5.91 Å². The van der Waals surface area contributed by atoms with Crippen LogP contribution in [0.25, 0.3) is 0 Å². The molecular formula is C15H16BrNOS. The first-order chi connectivity index (χ1) is 8.95. The summed E-state index contributed by atoms with van der Waals surface area (Å²) in [6.45, 7) is 4.67. The molecule has 1 amide bonds. The molecule has 0 aliphatic rings. The summed E-state index contributed by atoms with van der Waals surface area (Å²) >= 11 is 5.10. The Morgan fingerprint density at radius 1 is 1.21 bits per heavy atom. The van der Waals surface area contributed by atoms with Gasteiger partial charge in [0, 0.05) is 17.5 Å². The highest BCUT2D eigenvalue weighted by atomic mass is 79.9. The minimum atomic E-state index is 0.0660. The van der Waals surface area contributed by atoms with Crippen molar-refractivity contribution in [2.45, 2.75) is 20.4 Å². The lowest BCUT2D eigenvalue weighted by Crippen LogP contribution is -2.25. The van der Waals surface area contributed by atoms with Crippen LogP contribution in [0.15, 0.2) is 34.1 Å². The fourth-order valence-corrected chi connectivity index (χ4v) is 3.60. The zero-order chi connectivity index (χ0) is 14.0. The SMILES string of the molecule is Cc1cc(C)cc(C(=O)N(C)Cc2ccc(Br)s2)c1. The van der Waals surface area contributed by atoms with Crippen molar-refractivity contribution in [2.75, 3.05) is 7.05 Å². The lowest BCUT2D eigenvalue weighted by atomic mass is 10.1. The normalized spacial score (nSPS) is 10.5. The molecule has 2 rings (SSSR count). The minimum absolute atomic E-state index is 0.0660. The van der Waals surface area contributed by atoms with Gasteiger partial charge in [0.25, 0.3) is 5.91 Å². The van der Waals surface area contributed by atoms with Crippen LogP contribution in [0.4, 0.5) is 0 Å². The van der Waals surface area contributed by atoms with E-state index in [0.717, 1.165) is 20.5 Å².